The second-order valence-corrected chi connectivity index (χ2v) is 6.92. The maximum atomic E-state index is 9.58. The molecule has 3 aromatic rings. The number of rotatable bonds is 3. The zero-order valence-electron chi connectivity index (χ0n) is 11.5. The molecule has 0 radical (unpaired) electrons. The highest BCUT2D eigenvalue weighted by atomic mass is 32.1. The Bertz CT molecular complexity index is 824. The van der Waals surface area contributed by atoms with Gasteiger partial charge in [0, 0.05) is 21.5 Å². The van der Waals surface area contributed by atoms with Crippen LogP contribution in [0.25, 0.3) is 9.75 Å². The Morgan fingerprint density at radius 1 is 1.14 bits per heavy atom. The van der Waals surface area contributed by atoms with Gasteiger partial charge < -0.3 is 15.7 Å². The van der Waals surface area contributed by atoms with Crippen LogP contribution in [0, 0.1) is 0 Å². The van der Waals surface area contributed by atoms with E-state index in [9.17, 15) is 5.11 Å². The zero-order valence-corrected chi connectivity index (χ0v) is 13.1. The zero-order chi connectivity index (χ0) is 14.9. The number of aliphatic imine (C=N–C) groups is 1. The number of nitrogens with zero attached hydrogens (tertiary/aromatic N) is 1. The third kappa shape index (κ3) is 2.47. The Labute approximate surface area is 135 Å². The number of aromatic hydroxyl groups is 1. The van der Waals surface area contributed by atoms with Gasteiger partial charge in [-0.1, -0.05) is 12.1 Å². The van der Waals surface area contributed by atoms with Gasteiger partial charge in [0.15, 0.2) is 0 Å². The van der Waals surface area contributed by atoms with E-state index in [1.165, 1.54) is 9.75 Å². The van der Waals surface area contributed by atoms with Crippen molar-refractivity contribution >= 4 is 40.4 Å². The van der Waals surface area contributed by atoms with E-state index in [0.717, 1.165) is 16.3 Å². The number of nitrogens with one attached hydrogen (secondary N) is 2. The quantitative estimate of drug-likeness (QED) is 0.661. The fraction of sp³-hybridized carbons (Fsp3) is 0.0625. The average molecular weight is 327 g/mol. The van der Waals surface area contributed by atoms with Gasteiger partial charge in [0.05, 0.1) is 16.9 Å². The van der Waals surface area contributed by atoms with Crippen LogP contribution in [-0.2, 0) is 0 Å². The van der Waals surface area contributed by atoms with Crippen LogP contribution in [0.4, 0.5) is 11.4 Å². The molecule has 1 unspecified atom stereocenters. The topological polar surface area (TPSA) is 56.6 Å². The second kappa shape index (κ2) is 5.47. The van der Waals surface area contributed by atoms with Crippen molar-refractivity contribution in [3.8, 4) is 15.5 Å². The Hall–Kier alpha value is -2.31. The number of phenolic OH excluding ortho intramolecular Hbond substituents is 1. The molecule has 0 spiro atoms. The van der Waals surface area contributed by atoms with Crippen molar-refractivity contribution in [2.45, 2.75) is 6.17 Å². The molecule has 110 valence electrons. The lowest BCUT2D eigenvalue weighted by atomic mass is 10.2. The van der Waals surface area contributed by atoms with E-state index < -0.39 is 0 Å². The molecule has 3 N–H and O–H groups in total. The molecule has 0 amide bonds. The largest absolute Gasteiger partial charge is 0.508 e. The van der Waals surface area contributed by atoms with Gasteiger partial charge >= 0.3 is 0 Å². The summed E-state index contributed by atoms with van der Waals surface area (Å²) in [4.78, 5) is 8.05. The molecule has 1 atom stereocenters. The minimum Gasteiger partial charge on any atom is -0.508 e. The molecular formula is C16H13N3OS2. The number of anilines is 1. The Morgan fingerprint density at radius 3 is 2.91 bits per heavy atom. The Morgan fingerprint density at radius 2 is 2.09 bits per heavy atom. The van der Waals surface area contributed by atoms with Gasteiger partial charge in [-0.05, 0) is 29.6 Å². The van der Waals surface area contributed by atoms with Gasteiger partial charge in [-0.25, -0.2) is 4.99 Å². The highest BCUT2D eigenvalue weighted by Gasteiger charge is 2.21. The number of phenols is 1. The fourth-order valence-corrected chi connectivity index (χ4v) is 4.31. The van der Waals surface area contributed by atoms with Crippen molar-refractivity contribution < 1.29 is 5.11 Å². The van der Waals surface area contributed by atoms with Crippen LogP contribution in [0.5, 0.6) is 5.75 Å². The molecule has 2 aromatic heterocycles. The fourth-order valence-electron chi connectivity index (χ4n) is 2.37. The van der Waals surface area contributed by atoms with E-state index in [2.05, 4.69) is 39.2 Å². The lowest BCUT2D eigenvalue weighted by Crippen LogP contribution is -2.28. The van der Waals surface area contributed by atoms with Crippen LogP contribution in [0.15, 0.2) is 52.8 Å². The summed E-state index contributed by atoms with van der Waals surface area (Å²) in [6, 6.07) is 13.4. The van der Waals surface area contributed by atoms with E-state index in [4.69, 9.17) is 0 Å². The van der Waals surface area contributed by atoms with E-state index >= 15 is 0 Å². The van der Waals surface area contributed by atoms with Crippen molar-refractivity contribution in [1.29, 1.82) is 0 Å². The first-order valence-corrected chi connectivity index (χ1v) is 8.51. The lowest BCUT2D eigenvalue weighted by molar-refractivity contribution is 0.475. The molecule has 0 aliphatic carbocycles. The molecular weight excluding hydrogens is 314 g/mol. The Kier molecular flexibility index (Phi) is 3.32. The van der Waals surface area contributed by atoms with Crippen molar-refractivity contribution in [2.75, 3.05) is 5.32 Å². The molecule has 0 saturated heterocycles. The van der Waals surface area contributed by atoms with E-state index in [-0.39, 0.29) is 11.9 Å². The summed E-state index contributed by atoms with van der Waals surface area (Å²) in [5, 5.41) is 18.3. The molecule has 1 aromatic carbocycles. The maximum absolute atomic E-state index is 9.58. The summed E-state index contributed by atoms with van der Waals surface area (Å²) in [7, 11) is 0. The summed E-state index contributed by atoms with van der Waals surface area (Å²) in [5.41, 5.74) is 1.86. The van der Waals surface area contributed by atoms with Crippen LogP contribution in [0.3, 0.4) is 0 Å². The van der Waals surface area contributed by atoms with E-state index in [1.54, 1.807) is 41.1 Å². The number of thiophene rings is 2. The van der Waals surface area contributed by atoms with Crippen molar-refractivity contribution in [3.63, 3.8) is 0 Å². The minimum absolute atomic E-state index is 0.0481. The number of benzene rings is 1. The van der Waals surface area contributed by atoms with Crippen molar-refractivity contribution in [2.24, 2.45) is 4.99 Å². The molecule has 1 aliphatic heterocycles. The van der Waals surface area contributed by atoms with Crippen molar-refractivity contribution in [1.82, 2.24) is 5.32 Å². The molecule has 22 heavy (non-hydrogen) atoms. The van der Waals surface area contributed by atoms with Crippen LogP contribution >= 0.6 is 22.7 Å². The third-order valence-electron chi connectivity index (χ3n) is 3.37. The summed E-state index contributed by atoms with van der Waals surface area (Å²) in [5.74, 6) is 0.250. The number of hydrogen-bond donors (Lipinski definition) is 3. The van der Waals surface area contributed by atoms with Crippen LogP contribution in [0.2, 0.25) is 0 Å². The van der Waals surface area contributed by atoms with Crippen LogP contribution in [0.1, 0.15) is 11.0 Å². The number of fused-ring (bicyclic) bond motifs is 1. The first-order chi connectivity index (χ1) is 10.8. The lowest BCUT2D eigenvalue weighted by Gasteiger charge is -2.22. The normalized spacial score (nSPS) is 16.1. The molecule has 6 heteroatoms. The SMILES string of the molecule is Oc1cccc(NC2NC=Nc3cc(-c4cccs4)sc32)c1. The maximum Gasteiger partial charge on any atom is 0.135 e. The highest BCUT2D eigenvalue weighted by Crippen LogP contribution is 2.42. The summed E-state index contributed by atoms with van der Waals surface area (Å²) >= 11 is 3.47. The van der Waals surface area contributed by atoms with E-state index in [1.807, 2.05) is 12.1 Å². The minimum atomic E-state index is -0.0481. The van der Waals surface area contributed by atoms with Gasteiger partial charge in [-0.15, -0.1) is 22.7 Å². The second-order valence-electron chi connectivity index (χ2n) is 4.89. The summed E-state index contributed by atoms with van der Waals surface area (Å²) in [6.45, 7) is 0. The first kappa shape index (κ1) is 13.4. The smallest absolute Gasteiger partial charge is 0.135 e. The summed E-state index contributed by atoms with van der Waals surface area (Å²) in [6.07, 6.45) is 1.67. The third-order valence-corrected chi connectivity index (χ3v) is 5.62. The van der Waals surface area contributed by atoms with Crippen molar-refractivity contribution in [3.05, 3.63) is 52.7 Å². The molecule has 4 nitrogen and oxygen atoms in total. The standard InChI is InChI=1S/C16H13N3OS2/c20-11-4-1-3-10(7-11)19-16-15-12(17-9-18-16)8-14(22-15)13-5-2-6-21-13/h1-9,16,19-20H,(H,17,18). The molecule has 0 fully saturated rings. The first-order valence-electron chi connectivity index (χ1n) is 6.81. The van der Waals surface area contributed by atoms with Gasteiger partial charge in [0.2, 0.25) is 0 Å². The van der Waals surface area contributed by atoms with Crippen LogP contribution in [-0.4, -0.2) is 11.4 Å². The molecule has 4 rings (SSSR count). The van der Waals surface area contributed by atoms with Gasteiger partial charge in [-0.2, -0.15) is 0 Å². The summed E-state index contributed by atoms with van der Waals surface area (Å²) < 4.78 is 0. The monoisotopic (exact) mass is 327 g/mol. The Balaban J connectivity index is 1.66. The van der Waals surface area contributed by atoms with E-state index in [0.29, 0.717) is 0 Å². The highest BCUT2D eigenvalue weighted by molar-refractivity contribution is 7.21. The van der Waals surface area contributed by atoms with Gasteiger partial charge in [-0.3, -0.25) is 0 Å². The molecule has 0 saturated carbocycles. The van der Waals surface area contributed by atoms with Gasteiger partial charge in [0.1, 0.15) is 11.9 Å². The number of hydrogen-bond acceptors (Lipinski definition) is 6. The predicted octanol–water partition coefficient (Wildman–Crippen LogP) is 4.56. The molecule has 1 aliphatic rings. The van der Waals surface area contributed by atoms with Crippen LogP contribution < -0.4 is 10.6 Å². The molecule has 0 bridgehead atoms. The molecule has 3 heterocycles. The van der Waals surface area contributed by atoms with Gasteiger partial charge in [0.25, 0.3) is 0 Å². The predicted molar refractivity (Wildman–Crippen MR) is 93.4 cm³/mol. The average Bonchev–Trinajstić information content (AvgIpc) is 3.17.